The van der Waals surface area contributed by atoms with Gasteiger partial charge in [0.15, 0.2) is 0 Å². The lowest BCUT2D eigenvalue weighted by molar-refractivity contribution is 0.108. The Morgan fingerprint density at radius 3 is 2.61 bits per heavy atom. The maximum Gasteiger partial charge on any atom is 0.319 e. The van der Waals surface area contributed by atoms with Crippen LogP contribution in [0.5, 0.6) is 5.75 Å². The van der Waals surface area contributed by atoms with E-state index in [0.29, 0.717) is 16.5 Å². The number of nitrogens with one attached hydrogen (secondary N) is 2. The SMILES string of the molecule is O=C(NCC(O)COc1ccc(F)cc1)Nc1ccccc1Cl. The number of aliphatic hydroxyl groups excluding tert-OH is 1. The molecule has 5 nitrogen and oxygen atoms in total. The lowest BCUT2D eigenvalue weighted by Gasteiger charge is -2.14. The van der Waals surface area contributed by atoms with E-state index in [9.17, 15) is 14.3 Å². The van der Waals surface area contributed by atoms with Crippen molar-refractivity contribution >= 4 is 23.3 Å². The highest BCUT2D eigenvalue weighted by Crippen LogP contribution is 2.20. The fraction of sp³-hybridized carbons (Fsp3) is 0.188. The molecule has 3 N–H and O–H groups in total. The van der Waals surface area contributed by atoms with Gasteiger partial charge in [0.1, 0.15) is 24.3 Å². The lowest BCUT2D eigenvalue weighted by atomic mass is 10.3. The van der Waals surface area contributed by atoms with Crippen molar-refractivity contribution in [1.29, 1.82) is 0 Å². The minimum Gasteiger partial charge on any atom is -0.491 e. The molecule has 0 saturated heterocycles. The Labute approximate surface area is 138 Å². The van der Waals surface area contributed by atoms with Gasteiger partial charge in [0.2, 0.25) is 0 Å². The molecule has 0 saturated carbocycles. The molecule has 2 aromatic rings. The zero-order valence-electron chi connectivity index (χ0n) is 12.1. The van der Waals surface area contributed by atoms with Crippen LogP contribution < -0.4 is 15.4 Å². The molecule has 0 spiro atoms. The van der Waals surface area contributed by atoms with Gasteiger partial charge in [0.05, 0.1) is 10.7 Å². The molecule has 0 bridgehead atoms. The van der Waals surface area contributed by atoms with Crippen LogP contribution in [0.4, 0.5) is 14.9 Å². The number of amides is 2. The highest BCUT2D eigenvalue weighted by molar-refractivity contribution is 6.33. The average molecular weight is 339 g/mol. The molecule has 2 amide bonds. The van der Waals surface area contributed by atoms with Gasteiger partial charge < -0.3 is 20.5 Å². The molecule has 2 aromatic carbocycles. The van der Waals surface area contributed by atoms with Gasteiger partial charge in [-0.05, 0) is 36.4 Å². The first-order chi connectivity index (χ1) is 11.0. The summed E-state index contributed by atoms with van der Waals surface area (Å²) in [5.41, 5.74) is 0.476. The summed E-state index contributed by atoms with van der Waals surface area (Å²) in [6.45, 7) is -0.0323. The van der Waals surface area contributed by atoms with Crippen LogP contribution in [0.2, 0.25) is 5.02 Å². The number of ether oxygens (including phenoxy) is 1. The molecule has 7 heteroatoms. The second-order valence-electron chi connectivity index (χ2n) is 4.73. The molecule has 0 aliphatic heterocycles. The molecular weight excluding hydrogens is 323 g/mol. The van der Waals surface area contributed by atoms with Gasteiger partial charge in [-0.2, -0.15) is 0 Å². The molecule has 0 radical (unpaired) electrons. The van der Waals surface area contributed by atoms with Crippen LogP contribution in [0.3, 0.4) is 0 Å². The molecule has 0 aliphatic carbocycles. The molecule has 0 heterocycles. The third-order valence-electron chi connectivity index (χ3n) is 2.88. The largest absolute Gasteiger partial charge is 0.491 e. The van der Waals surface area contributed by atoms with E-state index in [2.05, 4.69) is 10.6 Å². The van der Waals surface area contributed by atoms with Gasteiger partial charge in [0.25, 0.3) is 0 Å². The molecule has 0 aromatic heterocycles. The maximum absolute atomic E-state index is 12.7. The molecule has 0 fully saturated rings. The van der Waals surface area contributed by atoms with E-state index >= 15 is 0 Å². The summed E-state index contributed by atoms with van der Waals surface area (Å²) in [5.74, 6) is 0.0711. The smallest absolute Gasteiger partial charge is 0.319 e. The molecule has 122 valence electrons. The number of carbonyl (C=O) groups excluding carboxylic acids is 1. The maximum atomic E-state index is 12.7. The Morgan fingerprint density at radius 1 is 1.22 bits per heavy atom. The second kappa shape index (κ2) is 8.36. The van der Waals surface area contributed by atoms with Crippen molar-refractivity contribution < 1.29 is 19.0 Å². The molecule has 23 heavy (non-hydrogen) atoms. The molecule has 1 atom stereocenters. The summed E-state index contributed by atoms with van der Waals surface area (Å²) >= 11 is 5.92. The number of urea groups is 1. The lowest BCUT2D eigenvalue weighted by Crippen LogP contribution is -2.37. The fourth-order valence-corrected chi connectivity index (χ4v) is 1.90. The van der Waals surface area contributed by atoms with E-state index in [4.69, 9.17) is 16.3 Å². The Kier molecular flexibility index (Phi) is 6.19. The monoisotopic (exact) mass is 338 g/mol. The number of benzene rings is 2. The Morgan fingerprint density at radius 2 is 1.91 bits per heavy atom. The highest BCUT2D eigenvalue weighted by Gasteiger charge is 2.09. The van der Waals surface area contributed by atoms with Crippen molar-refractivity contribution in [3.8, 4) is 5.75 Å². The third-order valence-corrected chi connectivity index (χ3v) is 3.21. The molecule has 0 aliphatic rings. The number of rotatable bonds is 6. The van der Waals surface area contributed by atoms with Crippen LogP contribution in [0.15, 0.2) is 48.5 Å². The van der Waals surface area contributed by atoms with Crippen molar-refractivity contribution in [3.05, 3.63) is 59.4 Å². The topological polar surface area (TPSA) is 70.6 Å². The Balaban J connectivity index is 1.71. The molecular formula is C16H16ClFN2O3. The van der Waals surface area contributed by atoms with E-state index in [1.807, 2.05) is 0 Å². The summed E-state index contributed by atoms with van der Waals surface area (Å²) in [7, 11) is 0. The molecule has 2 rings (SSSR count). The van der Waals surface area contributed by atoms with E-state index in [0.717, 1.165) is 0 Å². The summed E-state index contributed by atoms with van der Waals surface area (Å²) in [5, 5.41) is 15.3. The highest BCUT2D eigenvalue weighted by atomic mass is 35.5. The standard InChI is InChI=1S/C16H16ClFN2O3/c17-14-3-1-2-4-15(14)20-16(22)19-9-12(21)10-23-13-7-5-11(18)6-8-13/h1-8,12,21H,9-10H2,(H2,19,20,22). The number of hydrogen-bond donors (Lipinski definition) is 3. The van der Waals surface area contributed by atoms with Gasteiger partial charge >= 0.3 is 6.03 Å². The van der Waals surface area contributed by atoms with Gasteiger partial charge in [-0.3, -0.25) is 0 Å². The first-order valence-electron chi connectivity index (χ1n) is 6.90. The quantitative estimate of drug-likeness (QED) is 0.758. The minimum atomic E-state index is -0.906. The van der Waals surface area contributed by atoms with Gasteiger partial charge in [-0.1, -0.05) is 23.7 Å². The number of anilines is 1. The van der Waals surface area contributed by atoms with Crippen molar-refractivity contribution in [2.75, 3.05) is 18.5 Å². The zero-order chi connectivity index (χ0) is 16.7. The van der Waals surface area contributed by atoms with Crippen molar-refractivity contribution in [2.45, 2.75) is 6.10 Å². The van der Waals surface area contributed by atoms with Crippen molar-refractivity contribution in [2.24, 2.45) is 0 Å². The summed E-state index contributed by atoms with van der Waals surface area (Å²) in [6, 6.07) is 11.8. The first-order valence-corrected chi connectivity index (χ1v) is 7.28. The van der Waals surface area contributed by atoms with E-state index in [1.54, 1.807) is 24.3 Å². The summed E-state index contributed by atoms with van der Waals surface area (Å²) in [4.78, 5) is 11.7. The predicted octanol–water partition coefficient (Wildman–Crippen LogP) is 3.04. The predicted molar refractivity (Wildman–Crippen MR) is 86.4 cm³/mol. The zero-order valence-corrected chi connectivity index (χ0v) is 12.9. The average Bonchev–Trinajstić information content (AvgIpc) is 2.54. The number of hydrogen-bond acceptors (Lipinski definition) is 3. The third kappa shape index (κ3) is 5.77. The number of aliphatic hydroxyl groups is 1. The fourth-order valence-electron chi connectivity index (χ4n) is 1.72. The van der Waals surface area contributed by atoms with Gasteiger partial charge in [-0.15, -0.1) is 0 Å². The number of para-hydroxylation sites is 1. The van der Waals surface area contributed by atoms with E-state index < -0.39 is 12.1 Å². The minimum absolute atomic E-state index is 0.00250. The van der Waals surface area contributed by atoms with Gasteiger partial charge in [-0.25, -0.2) is 9.18 Å². The Bertz CT molecular complexity index is 652. The normalized spacial score (nSPS) is 11.6. The van der Waals surface area contributed by atoms with Crippen LogP contribution in [0.1, 0.15) is 0 Å². The summed E-state index contributed by atoms with van der Waals surface area (Å²) in [6.07, 6.45) is -0.906. The second-order valence-corrected chi connectivity index (χ2v) is 5.14. The first kappa shape index (κ1) is 17.1. The summed E-state index contributed by atoms with van der Waals surface area (Å²) < 4.78 is 18.0. The van der Waals surface area contributed by atoms with Gasteiger partial charge in [0, 0.05) is 6.54 Å². The van der Waals surface area contributed by atoms with Crippen molar-refractivity contribution in [3.63, 3.8) is 0 Å². The molecule has 1 unspecified atom stereocenters. The van der Waals surface area contributed by atoms with Crippen LogP contribution in [-0.4, -0.2) is 30.4 Å². The van der Waals surface area contributed by atoms with E-state index in [1.165, 1.54) is 24.3 Å². The van der Waals surface area contributed by atoms with Crippen LogP contribution >= 0.6 is 11.6 Å². The van der Waals surface area contributed by atoms with Crippen LogP contribution in [0.25, 0.3) is 0 Å². The Hall–Kier alpha value is -2.31. The van der Waals surface area contributed by atoms with Crippen molar-refractivity contribution in [1.82, 2.24) is 5.32 Å². The van der Waals surface area contributed by atoms with E-state index in [-0.39, 0.29) is 19.0 Å². The van der Waals surface area contributed by atoms with Crippen LogP contribution in [-0.2, 0) is 0 Å². The number of halogens is 2. The van der Waals surface area contributed by atoms with Crippen LogP contribution in [0, 0.1) is 5.82 Å². The number of carbonyl (C=O) groups is 1.